The van der Waals surface area contributed by atoms with Crippen molar-refractivity contribution in [2.45, 2.75) is 26.4 Å². The maximum Gasteiger partial charge on any atom is 0.191 e. The maximum atomic E-state index is 10.4. The van der Waals surface area contributed by atoms with Gasteiger partial charge < -0.3 is 20.5 Å². The van der Waals surface area contributed by atoms with Crippen molar-refractivity contribution in [1.29, 1.82) is 0 Å². The number of hydrogen-bond donors (Lipinski definition) is 3. The summed E-state index contributed by atoms with van der Waals surface area (Å²) in [6.45, 7) is 8.91. The van der Waals surface area contributed by atoms with Crippen LogP contribution in [-0.2, 0) is 10.3 Å². The third-order valence-electron chi connectivity index (χ3n) is 2.68. The number of aliphatic imine (C=N–C) groups is 1. The molecule has 0 aliphatic carbocycles. The molecular formula is C14H25N3O2S. The molecule has 0 radical (unpaired) electrons. The molecule has 0 saturated heterocycles. The summed E-state index contributed by atoms with van der Waals surface area (Å²) >= 11 is 1.54. The molecule has 0 aromatic carbocycles. The van der Waals surface area contributed by atoms with Crippen molar-refractivity contribution in [2.75, 3.05) is 32.8 Å². The van der Waals surface area contributed by atoms with E-state index < -0.39 is 5.60 Å². The lowest BCUT2D eigenvalue weighted by atomic mass is 10.1. The normalized spacial score (nSPS) is 14.9. The highest BCUT2D eigenvalue weighted by Crippen LogP contribution is 2.25. The number of thiophene rings is 1. The molecule has 1 atom stereocenters. The number of hydrogen-bond acceptors (Lipinski definition) is 4. The van der Waals surface area contributed by atoms with Gasteiger partial charge in [-0.1, -0.05) is 6.07 Å². The second-order valence-electron chi connectivity index (χ2n) is 4.57. The Bertz CT molecular complexity index is 391. The van der Waals surface area contributed by atoms with E-state index >= 15 is 0 Å². The summed E-state index contributed by atoms with van der Waals surface area (Å²) in [6, 6.07) is 3.86. The van der Waals surface area contributed by atoms with E-state index in [1.807, 2.05) is 31.4 Å². The van der Waals surface area contributed by atoms with Gasteiger partial charge in [0.05, 0.1) is 13.2 Å². The van der Waals surface area contributed by atoms with Crippen LogP contribution in [0, 0.1) is 0 Å². The van der Waals surface area contributed by atoms with E-state index in [-0.39, 0.29) is 0 Å². The molecule has 0 spiro atoms. The van der Waals surface area contributed by atoms with Gasteiger partial charge in [-0.05, 0) is 32.2 Å². The lowest BCUT2D eigenvalue weighted by Gasteiger charge is -2.20. The molecule has 1 aromatic heterocycles. The summed E-state index contributed by atoms with van der Waals surface area (Å²) in [7, 11) is 0. The third-order valence-corrected chi connectivity index (χ3v) is 3.81. The van der Waals surface area contributed by atoms with Gasteiger partial charge in [0.15, 0.2) is 5.96 Å². The van der Waals surface area contributed by atoms with Crippen LogP contribution in [-0.4, -0.2) is 43.9 Å². The zero-order valence-corrected chi connectivity index (χ0v) is 13.3. The molecule has 0 bridgehead atoms. The number of rotatable bonds is 8. The van der Waals surface area contributed by atoms with Gasteiger partial charge in [0.25, 0.3) is 0 Å². The van der Waals surface area contributed by atoms with E-state index in [1.54, 1.807) is 6.92 Å². The van der Waals surface area contributed by atoms with Crippen LogP contribution >= 0.6 is 11.3 Å². The molecule has 0 saturated carbocycles. The highest BCUT2D eigenvalue weighted by Gasteiger charge is 2.23. The Morgan fingerprint density at radius 1 is 1.45 bits per heavy atom. The van der Waals surface area contributed by atoms with Gasteiger partial charge in [0, 0.05) is 24.6 Å². The summed E-state index contributed by atoms with van der Waals surface area (Å²) in [5.41, 5.74) is -0.934. The molecule has 0 amide bonds. The first-order chi connectivity index (χ1) is 9.60. The molecule has 6 heteroatoms. The minimum Gasteiger partial charge on any atom is -0.383 e. The second kappa shape index (κ2) is 8.94. The van der Waals surface area contributed by atoms with E-state index in [9.17, 15) is 5.11 Å². The Balaban J connectivity index is 2.53. The third kappa shape index (κ3) is 5.90. The van der Waals surface area contributed by atoms with Crippen molar-refractivity contribution in [3.8, 4) is 0 Å². The second-order valence-corrected chi connectivity index (χ2v) is 5.52. The predicted octanol–water partition coefficient (Wildman–Crippen LogP) is 1.55. The maximum absolute atomic E-state index is 10.4. The molecule has 0 aliphatic rings. The van der Waals surface area contributed by atoms with Crippen LogP contribution in [0.5, 0.6) is 0 Å². The molecular weight excluding hydrogens is 274 g/mol. The van der Waals surface area contributed by atoms with Crippen LogP contribution in [0.25, 0.3) is 0 Å². The van der Waals surface area contributed by atoms with Crippen LogP contribution in [0.15, 0.2) is 22.5 Å². The molecule has 1 heterocycles. The van der Waals surface area contributed by atoms with E-state index in [0.29, 0.717) is 32.3 Å². The molecule has 1 unspecified atom stereocenters. The van der Waals surface area contributed by atoms with Gasteiger partial charge in [-0.2, -0.15) is 0 Å². The van der Waals surface area contributed by atoms with Crippen molar-refractivity contribution in [3.05, 3.63) is 22.4 Å². The van der Waals surface area contributed by atoms with Crippen LogP contribution in [0.1, 0.15) is 25.6 Å². The molecule has 5 nitrogen and oxygen atoms in total. The summed E-state index contributed by atoms with van der Waals surface area (Å²) in [6.07, 6.45) is 0. The molecule has 114 valence electrons. The van der Waals surface area contributed by atoms with Crippen LogP contribution in [0.2, 0.25) is 0 Å². The van der Waals surface area contributed by atoms with E-state index in [0.717, 1.165) is 11.4 Å². The van der Waals surface area contributed by atoms with Gasteiger partial charge in [-0.25, -0.2) is 4.99 Å². The number of nitrogens with zero attached hydrogens (tertiary/aromatic N) is 1. The summed E-state index contributed by atoms with van der Waals surface area (Å²) in [4.78, 5) is 5.36. The molecule has 0 fully saturated rings. The predicted molar refractivity (Wildman–Crippen MR) is 84.4 cm³/mol. The van der Waals surface area contributed by atoms with E-state index in [4.69, 9.17) is 4.74 Å². The fourth-order valence-corrected chi connectivity index (χ4v) is 2.40. The van der Waals surface area contributed by atoms with E-state index in [1.165, 1.54) is 11.3 Å². The molecule has 20 heavy (non-hydrogen) atoms. The first-order valence-corrected chi connectivity index (χ1v) is 7.84. The fraction of sp³-hybridized carbons (Fsp3) is 0.643. The van der Waals surface area contributed by atoms with Crippen LogP contribution in [0.4, 0.5) is 0 Å². The zero-order valence-electron chi connectivity index (χ0n) is 12.5. The number of aliphatic hydroxyl groups is 1. The summed E-state index contributed by atoms with van der Waals surface area (Å²) in [5, 5.41) is 18.7. The Hall–Kier alpha value is -1.11. The average Bonchev–Trinajstić information content (AvgIpc) is 2.95. The van der Waals surface area contributed by atoms with Crippen molar-refractivity contribution >= 4 is 17.3 Å². The van der Waals surface area contributed by atoms with Gasteiger partial charge in [-0.15, -0.1) is 11.3 Å². The highest BCUT2D eigenvalue weighted by molar-refractivity contribution is 7.10. The highest BCUT2D eigenvalue weighted by atomic mass is 32.1. The van der Waals surface area contributed by atoms with Gasteiger partial charge >= 0.3 is 0 Å². The van der Waals surface area contributed by atoms with Crippen LogP contribution in [0.3, 0.4) is 0 Å². The van der Waals surface area contributed by atoms with Crippen LogP contribution < -0.4 is 10.6 Å². The lowest BCUT2D eigenvalue weighted by molar-refractivity contribution is 0.0711. The fourth-order valence-electron chi connectivity index (χ4n) is 1.62. The van der Waals surface area contributed by atoms with E-state index in [2.05, 4.69) is 15.6 Å². The largest absolute Gasteiger partial charge is 0.383 e. The lowest BCUT2D eigenvalue weighted by Crippen LogP contribution is -2.40. The molecule has 0 aliphatic heterocycles. The Morgan fingerprint density at radius 2 is 2.25 bits per heavy atom. The number of guanidine groups is 1. The van der Waals surface area contributed by atoms with Crippen molar-refractivity contribution in [3.63, 3.8) is 0 Å². The molecule has 1 rings (SSSR count). The first kappa shape index (κ1) is 16.9. The quantitative estimate of drug-likeness (QED) is 0.387. The van der Waals surface area contributed by atoms with Gasteiger partial charge in [0.1, 0.15) is 5.60 Å². The monoisotopic (exact) mass is 299 g/mol. The number of nitrogens with one attached hydrogen (secondary N) is 2. The van der Waals surface area contributed by atoms with Crippen molar-refractivity contribution in [1.82, 2.24) is 10.6 Å². The minimum atomic E-state index is -0.934. The Kier molecular flexibility index (Phi) is 7.58. The molecule has 3 N–H and O–H groups in total. The average molecular weight is 299 g/mol. The minimum absolute atomic E-state index is 0.317. The first-order valence-electron chi connectivity index (χ1n) is 6.96. The smallest absolute Gasteiger partial charge is 0.191 e. The molecule has 1 aromatic rings. The van der Waals surface area contributed by atoms with Gasteiger partial charge in [0.2, 0.25) is 0 Å². The zero-order chi connectivity index (χ0) is 14.8. The number of ether oxygens (including phenoxy) is 1. The SMILES string of the molecule is CCNC(=NCC(C)(O)c1cccs1)NCCOCC. The summed E-state index contributed by atoms with van der Waals surface area (Å²) in [5.74, 6) is 0.698. The van der Waals surface area contributed by atoms with Crippen molar-refractivity contribution < 1.29 is 9.84 Å². The summed E-state index contributed by atoms with van der Waals surface area (Å²) < 4.78 is 5.27. The Morgan fingerprint density at radius 3 is 2.85 bits per heavy atom. The van der Waals surface area contributed by atoms with Gasteiger partial charge in [-0.3, -0.25) is 0 Å². The van der Waals surface area contributed by atoms with Crippen molar-refractivity contribution in [2.24, 2.45) is 4.99 Å². The standard InChI is InChI=1S/C14H25N3O2S/c1-4-15-13(16-8-9-19-5-2)17-11-14(3,18)12-7-6-10-20-12/h6-7,10,18H,4-5,8-9,11H2,1-3H3,(H2,15,16,17). The Labute approximate surface area is 125 Å². The topological polar surface area (TPSA) is 65.9 Å².